The summed E-state index contributed by atoms with van der Waals surface area (Å²) in [6, 6.07) is 118. The van der Waals surface area contributed by atoms with Crippen molar-refractivity contribution in [3.63, 3.8) is 0 Å². The zero-order valence-corrected chi connectivity index (χ0v) is 44.1. The van der Waals surface area contributed by atoms with E-state index in [2.05, 4.69) is 325 Å². The molecular weight excluding hydrogens is 969 g/mol. The van der Waals surface area contributed by atoms with E-state index in [9.17, 15) is 0 Å². The van der Waals surface area contributed by atoms with Gasteiger partial charge < -0.3 is 9.13 Å². The van der Waals surface area contributed by atoms with E-state index in [1.54, 1.807) is 0 Å². The number of aromatic nitrogens is 2. The summed E-state index contributed by atoms with van der Waals surface area (Å²) in [4.78, 5) is 9.25. The van der Waals surface area contributed by atoms with Crippen LogP contribution in [0.1, 0.15) is 5.56 Å². The predicted octanol–water partition coefficient (Wildman–Crippen LogP) is 20.4. The van der Waals surface area contributed by atoms with E-state index >= 15 is 0 Å². The Bertz CT molecular complexity index is 4170. The monoisotopic (exact) mass is 1020 g/mol. The molecular formula is C73H54N2S2. The minimum Gasteiger partial charge on any atom is -0.309 e. The third-order valence-electron chi connectivity index (χ3n) is 15.4. The van der Waals surface area contributed by atoms with Crippen molar-refractivity contribution in [3.05, 3.63) is 321 Å². The average molecular weight is 1020 g/mol. The van der Waals surface area contributed by atoms with Crippen LogP contribution in [0.4, 0.5) is 0 Å². The quantitative estimate of drug-likeness (QED) is 0.115. The molecule has 0 aliphatic rings. The summed E-state index contributed by atoms with van der Waals surface area (Å²) < 4.78 is 5.03. The van der Waals surface area contributed by atoms with Gasteiger partial charge in [-0.05, 0) is 159 Å². The normalized spacial score (nSPS) is 12.4. The van der Waals surface area contributed by atoms with Crippen LogP contribution in [0.15, 0.2) is 350 Å². The van der Waals surface area contributed by atoms with Gasteiger partial charge in [-0.15, -0.1) is 10.0 Å². The Kier molecular flexibility index (Phi) is 11.8. The lowest BCUT2D eigenvalue weighted by atomic mass is 10.1. The Morgan fingerprint density at radius 3 is 1.18 bits per heavy atom. The Balaban J connectivity index is 1.05. The van der Waals surface area contributed by atoms with Crippen molar-refractivity contribution in [2.45, 2.75) is 40.0 Å². The van der Waals surface area contributed by atoms with Crippen LogP contribution in [0.2, 0.25) is 0 Å². The third kappa shape index (κ3) is 7.66. The number of hydrogen-bond donors (Lipinski definition) is 0. The molecule has 0 N–H and O–H groups in total. The highest BCUT2D eigenvalue weighted by atomic mass is 32.3. The molecule has 0 spiro atoms. The van der Waals surface area contributed by atoms with Crippen LogP contribution >= 0.6 is 20.1 Å². The summed E-state index contributed by atoms with van der Waals surface area (Å²) in [5, 5.41) is 5.02. The minimum absolute atomic E-state index is 0.846. The van der Waals surface area contributed by atoms with Crippen molar-refractivity contribution in [1.82, 2.24) is 9.13 Å². The van der Waals surface area contributed by atoms with Gasteiger partial charge in [0.2, 0.25) is 0 Å². The second-order valence-corrected chi connectivity index (χ2v) is 25.9. The zero-order valence-electron chi connectivity index (χ0n) is 42.4. The minimum atomic E-state index is -2.09. The first-order chi connectivity index (χ1) is 38.2. The maximum atomic E-state index is 2.53. The first-order valence-corrected chi connectivity index (χ1v) is 29.8. The molecule has 2 heterocycles. The van der Waals surface area contributed by atoms with Crippen LogP contribution < -0.4 is 0 Å². The van der Waals surface area contributed by atoms with Gasteiger partial charge in [0.1, 0.15) is 0 Å². The second kappa shape index (κ2) is 19.6. The zero-order chi connectivity index (χ0) is 51.2. The summed E-state index contributed by atoms with van der Waals surface area (Å²) in [6.45, 7) is 0. The third-order valence-corrected chi connectivity index (χ3v) is 23.4. The number of para-hydroxylation sites is 1. The molecule has 14 rings (SSSR count). The number of rotatable bonds is 12. The lowest BCUT2D eigenvalue weighted by Crippen LogP contribution is -2.07. The topological polar surface area (TPSA) is 9.86 Å². The molecule has 0 bridgehead atoms. The Labute approximate surface area is 453 Å². The number of benzene rings is 12. The molecule has 0 fully saturated rings. The average Bonchev–Trinajstić information content (AvgIpc) is 4.23. The Morgan fingerprint density at radius 2 is 0.649 bits per heavy atom. The van der Waals surface area contributed by atoms with Crippen LogP contribution in [0.3, 0.4) is 0 Å². The highest BCUT2D eigenvalue weighted by molar-refractivity contribution is 8.34. The number of hydrogen-bond acceptors (Lipinski definition) is 0. The summed E-state index contributed by atoms with van der Waals surface area (Å²) >= 11 is 0. The van der Waals surface area contributed by atoms with Gasteiger partial charge in [-0.1, -0.05) is 188 Å². The molecule has 0 saturated heterocycles. The van der Waals surface area contributed by atoms with Gasteiger partial charge in [0.25, 0.3) is 0 Å². The summed E-state index contributed by atoms with van der Waals surface area (Å²) in [6.07, 6.45) is 0. The number of nitrogens with zero attached hydrogens (tertiary/aromatic N) is 2. The summed E-state index contributed by atoms with van der Waals surface area (Å²) in [7, 11) is -3.88. The van der Waals surface area contributed by atoms with Gasteiger partial charge in [0.15, 0.2) is 0 Å². The molecule has 0 aliphatic heterocycles. The van der Waals surface area contributed by atoms with Crippen LogP contribution in [0.5, 0.6) is 0 Å². The lowest BCUT2D eigenvalue weighted by molar-refractivity contribution is 1.16. The predicted molar refractivity (Wildman–Crippen MR) is 326 cm³/mol. The van der Waals surface area contributed by atoms with Crippen molar-refractivity contribution in [2.24, 2.45) is 0 Å². The van der Waals surface area contributed by atoms with Gasteiger partial charge in [0, 0.05) is 58.3 Å². The Hall–Kier alpha value is -9.06. The summed E-state index contributed by atoms with van der Waals surface area (Å²) in [5.41, 5.74) is 10.7. The Morgan fingerprint density at radius 1 is 0.260 bits per heavy atom. The molecule has 368 valence electrons. The van der Waals surface area contributed by atoms with Gasteiger partial charge in [-0.3, -0.25) is 0 Å². The smallest absolute Gasteiger partial charge is 0.0552 e. The van der Waals surface area contributed by atoms with E-state index in [1.165, 1.54) is 89.1 Å². The van der Waals surface area contributed by atoms with Gasteiger partial charge >= 0.3 is 0 Å². The van der Waals surface area contributed by atoms with Gasteiger partial charge in [0.05, 0.1) is 22.1 Å². The van der Waals surface area contributed by atoms with E-state index in [0.717, 1.165) is 22.6 Å². The van der Waals surface area contributed by atoms with Crippen LogP contribution in [0, 0.1) is 0 Å². The van der Waals surface area contributed by atoms with E-state index in [4.69, 9.17) is 0 Å². The molecule has 0 unspecified atom stereocenters. The van der Waals surface area contributed by atoms with Crippen LogP contribution in [-0.2, 0) is 5.75 Å². The molecule has 4 heteroatoms. The van der Waals surface area contributed by atoms with Crippen molar-refractivity contribution < 1.29 is 0 Å². The molecule has 0 atom stereocenters. The fraction of sp³-hybridized carbons (Fsp3) is 0.0137. The lowest BCUT2D eigenvalue weighted by Gasteiger charge is -2.42. The number of fused-ring (bicyclic) bond motifs is 6. The molecule has 77 heavy (non-hydrogen) atoms. The molecule has 0 radical (unpaired) electrons. The second-order valence-electron chi connectivity index (χ2n) is 19.6. The van der Waals surface area contributed by atoms with Gasteiger partial charge in [-0.2, -0.15) is 10.0 Å². The van der Waals surface area contributed by atoms with Crippen molar-refractivity contribution in [1.29, 1.82) is 0 Å². The molecule has 14 aromatic rings. The maximum Gasteiger partial charge on any atom is 0.0552 e. The molecule has 12 aromatic carbocycles. The molecule has 2 aromatic heterocycles. The van der Waals surface area contributed by atoms with Crippen molar-refractivity contribution in [3.8, 4) is 22.5 Å². The van der Waals surface area contributed by atoms with Gasteiger partial charge in [-0.25, -0.2) is 0 Å². The molecule has 0 aliphatic carbocycles. The molecule has 0 saturated carbocycles. The largest absolute Gasteiger partial charge is 0.309 e. The molecule has 0 amide bonds. The van der Waals surface area contributed by atoms with E-state index in [0.29, 0.717) is 0 Å². The summed E-state index contributed by atoms with van der Waals surface area (Å²) in [5.74, 6) is 0.846. The van der Waals surface area contributed by atoms with Crippen LogP contribution in [0.25, 0.3) is 66.1 Å². The van der Waals surface area contributed by atoms with Crippen LogP contribution in [-0.4, -0.2) is 9.13 Å². The van der Waals surface area contributed by atoms with E-state index in [1.807, 2.05) is 0 Å². The SMILES string of the molecule is c1ccc(-c2ccc(-n3c4ccc(-n5c6ccccc6c6c(CS(c7ccccc7)(c7ccccc7)c7ccccc7)cccc65)cc4c4c(S(c5ccccc5)(c5ccccc5)c5ccccc5)cccc43)cc2)cc1. The van der Waals surface area contributed by atoms with Crippen molar-refractivity contribution >= 4 is 63.7 Å². The first kappa shape index (κ1) is 46.5. The maximum absolute atomic E-state index is 2.53. The van der Waals surface area contributed by atoms with Crippen molar-refractivity contribution in [2.75, 3.05) is 0 Å². The van der Waals surface area contributed by atoms with E-state index < -0.39 is 20.1 Å². The highest BCUT2D eigenvalue weighted by Gasteiger charge is 2.37. The standard InChI is InChI=1S/C73H54N2S2/c1-8-26-54(27-9-1)55-46-48-57(49-47-55)74-68-51-50-58(52-66(68)73-70(74)44-25-45-71(73)77(62-35-16-5-17-36-62,63-37-18-6-19-38-63)64-39-20-7-21-40-64)75-67-42-23-22-41-65(67)72-56(28-24-43-69(72)75)53-76(59-29-10-2-11-30-59,60-31-12-3-13-32-60)61-33-14-4-15-34-61/h1-52H,53H2. The first-order valence-electron chi connectivity index (χ1n) is 26.4. The fourth-order valence-electron chi connectivity index (χ4n) is 12.1. The highest BCUT2D eigenvalue weighted by Crippen LogP contribution is 2.75. The fourth-order valence-corrected chi connectivity index (χ4v) is 20.1. The van der Waals surface area contributed by atoms with E-state index in [-0.39, 0.29) is 0 Å². The molecule has 2 nitrogen and oxygen atoms in total.